The summed E-state index contributed by atoms with van der Waals surface area (Å²) in [5, 5.41) is 87.7. The molecule has 2 fully saturated rings. The molecular weight excluding hydrogens is 1240 g/mol. The van der Waals surface area contributed by atoms with E-state index in [1.54, 1.807) is 6.08 Å². The van der Waals surface area contributed by atoms with Gasteiger partial charge in [-0.05, 0) is 51.4 Å². The minimum Gasteiger partial charge on any atom is -0.394 e. The molecule has 2 aliphatic rings. The molecule has 99 heavy (non-hydrogen) atoms. The van der Waals surface area contributed by atoms with Crippen LogP contribution in [0.25, 0.3) is 0 Å². The Labute approximate surface area is 608 Å². The first-order valence-electron chi connectivity index (χ1n) is 42.7. The third-order valence-corrected chi connectivity index (χ3v) is 21.1. The zero-order valence-electron chi connectivity index (χ0n) is 64.3. The molecule has 0 aromatic rings. The number of nitrogens with one attached hydrogen (secondary N) is 1. The Morgan fingerprint density at radius 1 is 0.364 bits per heavy atom. The van der Waals surface area contributed by atoms with Gasteiger partial charge in [0.2, 0.25) is 5.91 Å². The fraction of sp³-hybridized carbons (Fsp3) is 0.918. The maximum atomic E-state index is 13.4. The standard InChI is InChI=1S/C85H161NO13/c1-3-5-7-9-11-13-15-17-19-21-23-25-27-29-30-31-32-33-34-35-36-37-38-39-40-41-42-43-44-45-47-49-51-53-55-57-59-61-63-65-67-69-77(90)86-73(72-96-84-82(95)80(93)83(76(71-88)98-84)99-85-81(94)79(92)78(91)75(70-87)97-85)74(89)68-66-64-62-60-58-56-54-52-50-48-46-28-26-24-22-20-18-16-14-12-10-8-6-4-2/h15,17,21,23,66,68,73-76,78-85,87-89,91-95H,3-14,16,18-20,22,24-65,67,69-72H2,1-2H3,(H,86,90)/b17-15-,23-21-,68-66+. The van der Waals surface area contributed by atoms with Gasteiger partial charge in [0, 0.05) is 6.42 Å². The van der Waals surface area contributed by atoms with Gasteiger partial charge in [-0.1, -0.05) is 384 Å². The predicted molar refractivity (Wildman–Crippen MR) is 411 cm³/mol. The molecular formula is C85H161NO13. The highest BCUT2D eigenvalue weighted by Crippen LogP contribution is 2.30. The topological polar surface area (TPSA) is 228 Å². The van der Waals surface area contributed by atoms with Gasteiger partial charge in [0.25, 0.3) is 0 Å². The van der Waals surface area contributed by atoms with E-state index in [1.165, 1.54) is 334 Å². The molecule has 1 amide bonds. The third kappa shape index (κ3) is 51.9. The van der Waals surface area contributed by atoms with Crippen LogP contribution in [0.3, 0.4) is 0 Å². The molecule has 12 atom stereocenters. The van der Waals surface area contributed by atoms with E-state index in [-0.39, 0.29) is 18.9 Å². The van der Waals surface area contributed by atoms with Crippen LogP contribution in [0.1, 0.15) is 406 Å². The number of aliphatic hydroxyl groups is 8. The van der Waals surface area contributed by atoms with Crippen molar-refractivity contribution in [2.75, 3.05) is 19.8 Å². The molecule has 2 saturated heterocycles. The lowest BCUT2D eigenvalue weighted by molar-refractivity contribution is -0.359. The molecule has 0 saturated carbocycles. The first-order valence-corrected chi connectivity index (χ1v) is 42.7. The number of rotatable bonds is 73. The Bertz CT molecular complexity index is 1800. The fourth-order valence-corrected chi connectivity index (χ4v) is 14.3. The lowest BCUT2D eigenvalue weighted by atomic mass is 9.97. The van der Waals surface area contributed by atoms with Gasteiger partial charge in [0.15, 0.2) is 12.6 Å². The molecule has 2 heterocycles. The monoisotopic (exact) mass is 1400 g/mol. The zero-order chi connectivity index (χ0) is 71.5. The SMILES string of the molecule is CCCCCCC/C=C\C/C=C\CCCCCCCCCCCCCCCCCCCCCCCCCCCCCCCC(=O)NC(COC1OC(CO)C(OC2OC(CO)C(O)C(O)C2O)C(O)C1O)C(O)/C=C/CCCCCCCCCCCCCCCCCCCCCCCC. The van der Waals surface area contributed by atoms with Crippen LogP contribution < -0.4 is 5.32 Å². The quantitative estimate of drug-likeness (QED) is 0.0204. The van der Waals surface area contributed by atoms with Crippen LogP contribution in [0.2, 0.25) is 0 Å². The maximum absolute atomic E-state index is 13.4. The molecule has 0 aliphatic carbocycles. The van der Waals surface area contributed by atoms with Crippen LogP contribution in [0, 0.1) is 0 Å². The Kier molecular flexibility index (Phi) is 65.3. The Hall–Kier alpha value is -1.79. The molecule has 2 aliphatic heterocycles. The fourth-order valence-electron chi connectivity index (χ4n) is 14.3. The number of allylic oxidation sites excluding steroid dienone is 5. The lowest BCUT2D eigenvalue weighted by Gasteiger charge is -2.46. The Morgan fingerprint density at radius 2 is 0.667 bits per heavy atom. The van der Waals surface area contributed by atoms with Crippen LogP contribution in [-0.2, 0) is 23.7 Å². The summed E-state index contributed by atoms with van der Waals surface area (Å²) in [6.45, 7) is 2.86. The molecule has 14 nitrogen and oxygen atoms in total. The van der Waals surface area contributed by atoms with Crippen LogP contribution in [0.4, 0.5) is 0 Å². The number of amides is 1. The van der Waals surface area contributed by atoms with Crippen LogP contribution in [-0.4, -0.2) is 140 Å². The third-order valence-electron chi connectivity index (χ3n) is 21.1. The Balaban J connectivity index is 1.55. The highest BCUT2D eigenvalue weighted by Gasteiger charge is 2.51. The van der Waals surface area contributed by atoms with E-state index in [2.05, 4.69) is 43.5 Å². The summed E-state index contributed by atoms with van der Waals surface area (Å²) in [6.07, 6.45) is 75.4. The first kappa shape index (κ1) is 93.3. The molecule has 0 spiro atoms. The van der Waals surface area contributed by atoms with Gasteiger partial charge in [-0.3, -0.25) is 4.79 Å². The second-order valence-electron chi connectivity index (χ2n) is 30.3. The van der Waals surface area contributed by atoms with Gasteiger partial charge in [-0.25, -0.2) is 0 Å². The van der Waals surface area contributed by atoms with Crippen molar-refractivity contribution in [2.24, 2.45) is 0 Å². The number of carbonyl (C=O) groups is 1. The summed E-state index contributed by atoms with van der Waals surface area (Å²) >= 11 is 0. The summed E-state index contributed by atoms with van der Waals surface area (Å²) < 4.78 is 22.9. The van der Waals surface area contributed by atoms with Crippen molar-refractivity contribution in [3.63, 3.8) is 0 Å². The second kappa shape index (κ2) is 69.3. The van der Waals surface area contributed by atoms with Crippen molar-refractivity contribution in [2.45, 2.75) is 479 Å². The van der Waals surface area contributed by atoms with Crippen molar-refractivity contribution in [3.05, 3.63) is 36.5 Å². The van der Waals surface area contributed by atoms with E-state index in [1.807, 2.05) is 6.08 Å². The number of hydrogen-bond donors (Lipinski definition) is 9. The van der Waals surface area contributed by atoms with E-state index in [0.29, 0.717) is 6.42 Å². The number of aliphatic hydroxyl groups excluding tert-OH is 8. The summed E-state index contributed by atoms with van der Waals surface area (Å²) in [6, 6.07) is -0.914. The molecule has 12 unspecified atom stereocenters. The van der Waals surface area contributed by atoms with Crippen LogP contribution in [0.15, 0.2) is 36.5 Å². The van der Waals surface area contributed by atoms with Crippen molar-refractivity contribution < 1.29 is 64.6 Å². The van der Waals surface area contributed by atoms with E-state index in [9.17, 15) is 45.6 Å². The van der Waals surface area contributed by atoms with Gasteiger partial charge in [0.05, 0.1) is 32.0 Å². The average Bonchev–Trinajstić information content (AvgIpc) is 0.799. The van der Waals surface area contributed by atoms with E-state index >= 15 is 0 Å². The van der Waals surface area contributed by atoms with Gasteiger partial charge >= 0.3 is 0 Å². The zero-order valence-corrected chi connectivity index (χ0v) is 64.3. The minimum absolute atomic E-state index is 0.230. The van der Waals surface area contributed by atoms with Gasteiger partial charge in [-0.15, -0.1) is 0 Å². The molecule has 9 N–H and O–H groups in total. The summed E-state index contributed by atoms with van der Waals surface area (Å²) in [5.74, 6) is -0.230. The maximum Gasteiger partial charge on any atom is 0.220 e. The van der Waals surface area contributed by atoms with Crippen molar-refractivity contribution in [3.8, 4) is 0 Å². The molecule has 14 heteroatoms. The molecule has 0 bridgehead atoms. The highest BCUT2D eigenvalue weighted by molar-refractivity contribution is 5.76. The van der Waals surface area contributed by atoms with Gasteiger partial charge < -0.3 is 65.1 Å². The van der Waals surface area contributed by atoms with Crippen molar-refractivity contribution in [1.29, 1.82) is 0 Å². The van der Waals surface area contributed by atoms with Crippen molar-refractivity contribution in [1.82, 2.24) is 5.32 Å². The molecule has 0 radical (unpaired) electrons. The lowest BCUT2D eigenvalue weighted by Crippen LogP contribution is -2.65. The molecule has 0 aromatic heterocycles. The smallest absolute Gasteiger partial charge is 0.220 e. The minimum atomic E-state index is -1.79. The van der Waals surface area contributed by atoms with Gasteiger partial charge in [0.1, 0.15) is 48.8 Å². The second-order valence-corrected chi connectivity index (χ2v) is 30.3. The predicted octanol–water partition coefficient (Wildman–Crippen LogP) is 20.0. The van der Waals surface area contributed by atoms with E-state index in [0.717, 1.165) is 44.9 Å². The summed E-state index contributed by atoms with van der Waals surface area (Å²) in [5.41, 5.74) is 0. The summed E-state index contributed by atoms with van der Waals surface area (Å²) in [4.78, 5) is 13.4. The normalized spacial score (nSPS) is 22.0. The number of unbranched alkanes of at least 4 members (excludes halogenated alkanes) is 56. The number of carbonyl (C=O) groups excluding carboxylic acids is 1. The average molecular weight is 1410 g/mol. The first-order chi connectivity index (χ1) is 48.6. The highest BCUT2D eigenvalue weighted by atomic mass is 16.7. The number of hydrogen-bond acceptors (Lipinski definition) is 13. The van der Waals surface area contributed by atoms with E-state index < -0.39 is 86.8 Å². The summed E-state index contributed by atoms with van der Waals surface area (Å²) in [7, 11) is 0. The number of ether oxygens (including phenoxy) is 4. The Morgan fingerprint density at radius 3 is 1.01 bits per heavy atom. The van der Waals surface area contributed by atoms with E-state index in [4.69, 9.17) is 18.9 Å². The van der Waals surface area contributed by atoms with Crippen LogP contribution in [0.5, 0.6) is 0 Å². The largest absolute Gasteiger partial charge is 0.394 e. The molecule has 0 aromatic carbocycles. The van der Waals surface area contributed by atoms with Crippen molar-refractivity contribution >= 4 is 5.91 Å². The molecule has 2 rings (SSSR count). The molecule has 584 valence electrons. The van der Waals surface area contributed by atoms with Gasteiger partial charge in [-0.2, -0.15) is 0 Å². The van der Waals surface area contributed by atoms with Crippen LogP contribution >= 0.6 is 0 Å².